The van der Waals surface area contributed by atoms with Crippen LogP contribution in [-0.4, -0.2) is 17.2 Å². The fourth-order valence-electron chi connectivity index (χ4n) is 5.76. The molecule has 42 heavy (non-hydrogen) atoms. The van der Waals surface area contributed by atoms with Crippen molar-refractivity contribution in [3.63, 3.8) is 0 Å². The Bertz CT molecular complexity index is 1890. The molecule has 1 unspecified atom stereocenters. The van der Waals surface area contributed by atoms with Crippen LogP contribution >= 0.6 is 9.24 Å². The number of carbonyl (C=O) groups is 2. The zero-order chi connectivity index (χ0) is 29.4. The van der Waals surface area contributed by atoms with Crippen molar-refractivity contribution in [2.75, 3.05) is 0 Å². The van der Waals surface area contributed by atoms with E-state index in [1.165, 1.54) is 0 Å². The lowest BCUT2D eigenvalue weighted by molar-refractivity contribution is 0.0444. The average molecular weight is 567 g/mol. The number of Topliss-reactive ketones (excluding diaryl/α,β-unsaturated/α-hetero) is 2. The summed E-state index contributed by atoms with van der Waals surface area (Å²) < 4.78 is 6.72. The molecule has 0 aliphatic rings. The summed E-state index contributed by atoms with van der Waals surface area (Å²) in [5, 5.41) is 4.23. The number of rotatable bonds is 7. The first kappa shape index (κ1) is 27.6. The van der Waals surface area contributed by atoms with Gasteiger partial charge < -0.3 is 4.74 Å². The molecule has 1 atom stereocenters. The number of carbonyl (C=O) groups excluding carboxylic acids is 2. The van der Waals surface area contributed by atoms with Crippen molar-refractivity contribution in [3.8, 4) is 16.9 Å². The fraction of sp³-hybridized carbons (Fsp3) is 0.105. The minimum Gasteiger partial charge on any atom is -0.470 e. The molecular weight excluding hydrogens is 535 g/mol. The number of hydrogen-bond acceptors (Lipinski definition) is 3. The summed E-state index contributed by atoms with van der Waals surface area (Å²) in [5.74, 6) is -0.284. The van der Waals surface area contributed by atoms with Gasteiger partial charge in [-0.1, -0.05) is 115 Å². The van der Waals surface area contributed by atoms with Crippen LogP contribution in [0.5, 0.6) is 5.75 Å². The third-order valence-electron chi connectivity index (χ3n) is 8.06. The molecular formula is C38H31O3P. The van der Waals surface area contributed by atoms with E-state index in [4.69, 9.17) is 4.74 Å². The summed E-state index contributed by atoms with van der Waals surface area (Å²) in [5.41, 5.74) is 2.67. The van der Waals surface area contributed by atoms with Gasteiger partial charge in [-0.05, 0) is 70.6 Å². The number of hydrogen-bond donors (Lipinski definition) is 0. The van der Waals surface area contributed by atoms with E-state index >= 15 is 0 Å². The molecule has 0 radical (unpaired) electrons. The molecule has 6 aromatic carbocycles. The van der Waals surface area contributed by atoms with Crippen molar-refractivity contribution >= 4 is 47.7 Å². The smallest absolute Gasteiger partial charge is 0.230 e. The van der Waals surface area contributed by atoms with Crippen molar-refractivity contribution in [1.82, 2.24) is 0 Å². The molecule has 0 saturated carbocycles. The van der Waals surface area contributed by atoms with Crippen molar-refractivity contribution < 1.29 is 14.3 Å². The number of benzene rings is 6. The standard InChI is InChI=1S/C38H31O3P/c1-24-20-22-27-14-7-9-16-29(27)33(24)36(39)38(3,37(40)34-25(2)21-23-28-15-8-10-17-30(28)34)41-32-19-11-18-31(35(32)42)26-12-5-4-6-13-26/h4-23H,42H2,1-3H3. The quantitative estimate of drug-likeness (QED) is 0.110. The molecule has 0 fully saturated rings. The van der Waals surface area contributed by atoms with Crippen LogP contribution in [0.3, 0.4) is 0 Å². The van der Waals surface area contributed by atoms with E-state index in [-0.39, 0.29) is 11.6 Å². The molecule has 6 rings (SSSR count). The maximum atomic E-state index is 14.9. The molecule has 0 aromatic heterocycles. The predicted octanol–water partition coefficient (Wildman–Crippen LogP) is 8.68. The van der Waals surface area contributed by atoms with Gasteiger partial charge in [0.05, 0.1) is 0 Å². The fourth-order valence-corrected chi connectivity index (χ4v) is 6.18. The molecule has 0 N–H and O–H groups in total. The lowest BCUT2D eigenvalue weighted by Gasteiger charge is -2.31. The highest BCUT2D eigenvalue weighted by molar-refractivity contribution is 7.28. The monoisotopic (exact) mass is 566 g/mol. The minimum absolute atomic E-state index is 0.372. The average Bonchev–Trinajstić information content (AvgIpc) is 3.01. The summed E-state index contributed by atoms with van der Waals surface area (Å²) in [6.45, 7) is 5.44. The normalized spacial score (nSPS) is 11.5. The van der Waals surface area contributed by atoms with Gasteiger partial charge in [0.25, 0.3) is 0 Å². The molecule has 0 aliphatic carbocycles. The van der Waals surface area contributed by atoms with Gasteiger partial charge in [0.15, 0.2) is 0 Å². The van der Waals surface area contributed by atoms with Gasteiger partial charge >= 0.3 is 0 Å². The first-order valence-electron chi connectivity index (χ1n) is 14.0. The van der Waals surface area contributed by atoms with Gasteiger partial charge in [-0.2, -0.15) is 0 Å². The van der Waals surface area contributed by atoms with E-state index < -0.39 is 5.60 Å². The molecule has 0 spiro atoms. The van der Waals surface area contributed by atoms with Gasteiger partial charge in [0, 0.05) is 16.4 Å². The van der Waals surface area contributed by atoms with E-state index in [1.807, 2.05) is 135 Å². The van der Waals surface area contributed by atoms with E-state index in [0.29, 0.717) is 16.9 Å². The topological polar surface area (TPSA) is 43.4 Å². The van der Waals surface area contributed by atoms with Crippen LogP contribution in [0.2, 0.25) is 0 Å². The molecule has 0 aliphatic heterocycles. The number of ketones is 2. The largest absolute Gasteiger partial charge is 0.470 e. The first-order chi connectivity index (χ1) is 20.3. The molecule has 0 saturated heterocycles. The van der Waals surface area contributed by atoms with E-state index in [9.17, 15) is 9.59 Å². The van der Waals surface area contributed by atoms with Crippen molar-refractivity contribution in [2.45, 2.75) is 26.4 Å². The molecule has 3 nitrogen and oxygen atoms in total. The van der Waals surface area contributed by atoms with Crippen LogP contribution in [0.4, 0.5) is 0 Å². The Labute approximate surface area is 248 Å². The van der Waals surface area contributed by atoms with Crippen molar-refractivity contribution in [1.29, 1.82) is 0 Å². The lowest BCUT2D eigenvalue weighted by atomic mass is 9.81. The maximum Gasteiger partial charge on any atom is 0.230 e. The predicted molar refractivity (Wildman–Crippen MR) is 176 cm³/mol. The molecule has 4 heteroatoms. The van der Waals surface area contributed by atoms with Crippen LogP contribution in [-0.2, 0) is 0 Å². The SMILES string of the molecule is Cc1ccc2ccccc2c1C(=O)C(C)(Oc1cccc(-c2ccccc2)c1P)C(=O)c1c(C)ccc2ccccc12. The van der Waals surface area contributed by atoms with Gasteiger partial charge in [0.1, 0.15) is 5.75 Å². The Morgan fingerprint density at radius 3 is 1.64 bits per heavy atom. The molecule has 6 aromatic rings. The first-order valence-corrected chi connectivity index (χ1v) is 14.6. The van der Waals surface area contributed by atoms with Gasteiger partial charge in [-0.25, -0.2) is 0 Å². The highest BCUT2D eigenvalue weighted by atomic mass is 31.0. The van der Waals surface area contributed by atoms with Gasteiger partial charge in [-0.15, -0.1) is 9.24 Å². The Hall–Kier alpha value is -4.59. The molecule has 0 amide bonds. The minimum atomic E-state index is -1.86. The Morgan fingerprint density at radius 2 is 1.10 bits per heavy atom. The van der Waals surface area contributed by atoms with Crippen LogP contribution < -0.4 is 10.0 Å². The summed E-state index contributed by atoms with van der Waals surface area (Å²) in [6.07, 6.45) is 0. The zero-order valence-electron chi connectivity index (χ0n) is 23.8. The van der Waals surface area contributed by atoms with Crippen LogP contribution in [0, 0.1) is 13.8 Å². The van der Waals surface area contributed by atoms with Gasteiger partial charge in [-0.3, -0.25) is 9.59 Å². The third kappa shape index (κ3) is 4.70. The van der Waals surface area contributed by atoms with Crippen LogP contribution in [0.15, 0.2) is 121 Å². The third-order valence-corrected chi connectivity index (χ3v) is 8.66. The van der Waals surface area contributed by atoms with Gasteiger partial charge in [0.2, 0.25) is 17.2 Å². The Kier molecular flexibility index (Phi) is 7.22. The van der Waals surface area contributed by atoms with E-state index in [2.05, 4.69) is 9.24 Å². The number of ether oxygens (including phenoxy) is 1. The second-order valence-electron chi connectivity index (χ2n) is 10.8. The Morgan fingerprint density at radius 1 is 0.595 bits per heavy atom. The second-order valence-corrected chi connectivity index (χ2v) is 11.4. The van der Waals surface area contributed by atoms with Crippen LogP contribution in [0.1, 0.15) is 38.8 Å². The number of fused-ring (bicyclic) bond motifs is 2. The zero-order valence-corrected chi connectivity index (χ0v) is 25.0. The summed E-state index contributed by atoms with van der Waals surface area (Å²) >= 11 is 0. The second kappa shape index (κ2) is 11.0. The highest BCUT2D eigenvalue weighted by Crippen LogP contribution is 2.35. The Balaban J connectivity index is 1.58. The van der Waals surface area contributed by atoms with Crippen molar-refractivity contribution in [2.24, 2.45) is 0 Å². The summed E-state index contributed by atoms with van der Waals surface area (Å²) in [4.78, 5) is 29.8. The lowest BCUT2D eigenvalue weighted by Crippen LogP contribution is -2.50. The van der Waals surface area contributed by atoms with E-state index in [0.717, 1.165) is 49.1 Å². The molecule has 0 heterocycles. The maximum absolute atomic E-state index is 14.9. The number of aryl methyl sites for hydroxylation is 2. The van der Waals surface area contributed by atoms with Crippen LogP contribution in [0.25, 0.3) is 32.7 Å². The van der Waals surface area contributed by atoms with E-state index in [1.54, 1.807) is 6.92 Å². The highest BCUT2D eigenvalue weighted by Gasteiger charge is 2.46. The summed E-state index contributed by atoms with van der Waals surface area (Å²) in [6, 6.07) is 39.1. The molecule has 0 bridgehead atoms. The molecule has 206 valence electrons. The summed E-state index contributed by atoms with van der Waals surface area (Å²) in [7, 11) is 2.76. The van der Waals surface area contributed by atoms with Crippen molar-refractivity contribution in [3.05, 3.63) is 144 Å².